The highest BCUT2D eigenvalue weighted by Gasteiger charge is 2.27. The Morgan fingerprint density at radius 2 is 2.03 bits per heavy atom. The number of ether oxygens (including phenoxy) is 2. The quantitative estimate of drug-likeness (QED) is 0.470. The van der Waals surface area contributed by atoms with Gasteiger partial charge in [-0.2, -0.15) is 0 Å². The molecule has 4 aromatic rings. The van der Waals surface area contributed by atoms with E-state index in [1.807, 2.05) is 36.3 Å². The van der Waals surface area contributed by atoms with Gasteiger partial charge in [-0.1, -0.05) is 0 Å². The molecule has 2 aliphatic rings. The summed E-state index contributed by atoms with van der Waals surface area (Å²) >= 11 is 0. The van der Waals surface area contributed by atoms with Crippen LogP contribution in [0.3, 0.4) is 0 Å². The number of fused-ring (bicyclic) bond motifs is 2. The highest BCUT2D eigenvalue weighted by molar-refractivity contribution is 6.00. The average molecular weight is 446 g/mol. The number of benzene rings is 1. The lowest BCUT2D eigenvalue weighted by Crippen LogP contribution is -2.40. The molecule has 2 fully saturated rings. The van der Waals surface area contributed by atoms with Crippen molar-refractivity contribution in [3.8, 4) is 17.3 Å². The molecule has 8 heteroatoms. The lowest BCUT2D eigenvalue weighted by atomic mass is 10.1. The van der Waals surface area contributed by atoms with E-state index < -0.39 is 0 Å². The van der Waals surface area contributed by atoms with Crippen molar-refractivity contribution in [1.82, 2.24) is 24.0 Å². The van der Waals surface area contributed by atoms with Gasteiger partial charge in [0.25, 0.3) is 5.91 Å². The Morgan fingerprint density at radius 1 is 1.21 bits per heavy atom. The fourth-order valence-corrected chi connectivity index (χ4v) is 4.78. The number of carbonyl (C=O) groups is 1. The predicted octanol–water partition coefficient (Wildman–Crippen LogP) is 3.48. The largest absolute Gasteiger partial charge is 0.494 e. The van der Waals surface area contributed by atoms with E-state index in [0.717, 1.165) is 40.1 Å². The van der Waals surface area contributed by atoms with Crippen molar-refractivity contribution in [2.45, 2.75) is 19.4 Å². The molecule has 170 valence electrons. The maximum atomic E-state index is 13.1. The number of hydrogen-bond acceptors (Lipinski definition) is 5. The van der Waals surface area contributed by atoms with Crippen LogP contribution in [-0.2, 0) is 18.3 Å². The summed E-state index contributed by atoms with van der Waals surface area (Å²) in [4.78, 5) is 24.6. The van der Waals surface area contributed by atoms with E-state index in [0.29, 0.717) is 43.5 Å². The molecular formula is C25H27N5O3. The molecule has 1 aliphatic heterocycles. The first kappa shape index (κ1) is 20.2. The third-order valence-electron chi connectivity index (χ3n) is 6.72. The number of rotatable bonds is 5. The minimum absolute atomic E-state index is 0.0160. The molecular weight excluding hydrogens is 418 g/mol. The maximum Gasteiger partial charge on any atom is 0.254 e. The maximum absolute atomic E-state index is 13.1. The van der Waals surface area contributed by atoms with Gasteiger partial charge in [0.15, 0.2) is 5.82 Å². The first-order valence-corrected chi connectivity index (χ1v) is 11.5. The Morgan fingerprint density at radius 3 is 2.79 bits per heavy atom. The Kier molecular flexibility index (Phi) is 4.83. The van der Waals surface area contributed by atoms with E-state index >= 15 is 0 Å². The zero-order valence-electron chi connectivity index (χ0n) is 19.0. The topological polar surface area (TPSA) is 74.4 Å². The van der Waals surface area contributed by atoms with E-state index in [1.54, 1.807) is 7.11 Å². The molecule has 6 rings (SSSR count). The van der Waals surface area contributed by atoms with Gasteiger partial charge in [-0.25, -0.2) is 9.97 Å². The molecule has 3 aromatic heterocycles. The second-order valence-corrected chi connectivity index (χ2v) is 8.95. The zero-order chi connectivity index (χ0) is 22.5. The lowest BCUT2D eigenvalue weighted by molar-refractivity contribution is 0.0303. The summed E-state index contributed by atoms with van der Waals surface area (Å²) in [5.74, 6) is 2.17. The van der Waals surface area contributed by atoms with Crippen LogP contribution in [-0.4, -0.2) is 63.3 Å². The highest BCUT2D eigenvalue weighted by Crippen LogP contribution is 2.37. The molecule has 1 aromatic carbocycles. The third kappa shape index (κ3) is 3.45. The molecule has 0 radical (unpaired) electrons. The van der Waals surface area contributed by atoms with Gasteiger partial charge >= 0.3 is 0 Å². The molecule has 1 aliphatic carbocycles. The summed E-state index contributed by atoms with van der Waals surface area (Å²) in [5.41, 5.74) is 4.24. The van der Waals surface area contributed by atoms with Crippen LogP contribution >= 0.6 is 0 Å². The third-order valence-corrected chi connectivity index (χ3v) is 6.72. The molecule has 1 amide bonds. The molecule has 4 heterocycles. The number of morpholine rings is 1. The number of aryl methyl sites for hydroxylation is 1. The monoisotopic (exact) mass is 445 g/mol. The normalized spacial score (nSPS) is 16.6. The van der Waals surface area contributed by atoms with Gasteiger partial charge in [-0.05, 0) is 49.1 Å². The van der Waals surface area contributed by atoms with Crippen molar-refractivity contribution in [2.24, 2.45) is 13.0 Å². The number of carbonyl (C=O) groups excluding carboxylic acids is 1. The number of pyridine rings is 1. The van der Waals surface area contributed by atoms with Crippen molar-refractivity contribution >= 4 is 28.0 Å². The fraction of sp³-hybridized carbons (Fsp3) is 0.400. The van der Waals surface area contributed by atoms with E-state index in [-0.39, 0.29) is 5.91 Å². The van der Waals surface area contributed by atoms with Crippen LogP contribution in [0.1, 0.15) is 23.2 Å². The van der Waals surface area contributed by atoms with Gasteiger partial charge in [0.05, 0.1) is 31.5 Å². The molecule has 0 unspecified atom stereocenters. The SMILES string of the molecule is COc1cc(C(=O)N2CCOCC2)cc2nc(-c3cc4cccnc4n3CC3CC3)n(C)c12. The van der Waals surface area contributed by atoms with Crippen molar-refractivity contribution in [1.29, 1.82) is 0 Å². The van der Waals surface area contributed by atoms with Crippen LogP contribution in [0.5, 0.6) is 5.75 Å². The van der Waals surface area contributed by atoms with Crippen molar-refractivity contribution < 1.29 is 14.3 Å². The van der Waals surface area contributed by atoms with E-state index in [1.165, 1.54) is 12.8 Å². The number of imidazole rings is 1. The van der Waals surface area contributed by atoms with Gasteiger partial charge in [0, 0.05) is 43.8 Å². The molecule has 1 saturated carbocycles. The second-order valence-electron chi connectivity index (χ2n) is 8.95. The van der Waals surface area contributed by atoms with E-state index in [4.69, 9.17) is 14.5 Å². The number of amides is 1. The summed E-state index contributed by atoms with van der Waals surface area (Å²) in [6, 6.07) is 9.93. The molecule has 8 nitrogen and oxygen atoms in total. The number of hydrogen-bond donors (Lipinski definition) is 0. The van der Waals surface area contributed by atoms with Crippen LogP contribution in [0.2, 0.25) is 0 Å². The van der Waals surface area contributed by atoms with Crippen molar-refractivity contribution in [3.05, 3.63) is 42.1 Å². The molecule has 0 bridgehead atoms. The number of aromatic nitrogens is 4. The van der Waals surface area contributed by atoms with Gasteiger partial charge < -0.3 is 23.5 Å². The smallest absolute Gasteiger partial charge is 0.254 e. The van der Waals surface area contributed by atoms with Crippen molar-refractivity contribution in [2.75, 3.05) is 33.4 Å². The van der Waals surface area contributed by atoms with Gasteiger partial charge in [0.2, 0.25) is 0 Å². The summed E-state index contributed by atoms with van der Waals surface area (Å²) in [5, 5.41) is 1.11. The lowest BCUT2D eigenvalue weighted by Gasteiger charge is -2.27. The zero-order valence-corrected chi connectivity index (χ0v) is 19.0. The van der Waals surface area contributed by atoms with Crippen LogP contribution in [0.4, 0.5) is 0 Å². The Balaban J connectivity index is 1.49. The predicted molar refractivity (Wildman–Crippen MR) is 125 cm³/mol. The van der Waals surface area contributed by atoms with Crippen LogP contribution in [0.25, 0.3) is 33.6 Å². The Bertz CT molecular complexity index is 1360. The first-order valence-electron chi connectivity index (χ1n) is 11.5. The average Bonchev–Trinajstić information content (AvgIpc) is 3.52. The molecule has 0 atom stereocenters. The van der Waals surface area contributed by atoms with E-state index in [2.05, 4.69) is 26.3 Å². The summed E-state index contributed by atoms with van der Waals surface area (Å²) in [6.45, 7) is 3.27. The van der Waals surface area contributed by atoms with Gasteiger partial charge in [-0.3, -0.25) is 4.79 Å². The standard InChI is InChI=1S/C25H27N5O3/c1-28-22-19(12-18(14-21(22)32-2)25(31)29-8-10-33-11-9-29)27-24(28)20-13-17-4-3-7-26-23(17)30(20)15-16-5-6-16/h3-4,7,12-14,16H,5-6,8-11,15H2,1-2H3. The van der Waals surface area contributed by atoms with E-state index in [9.17, 15) is 4.79 Å². The molecule has 1 saturated heterocycles. The summed E-state index contributed by atoms with van der Waals surface area (Å²) in [6.07, 6.45) is 4.36. The summed E-state index contributed by atoms with van der Waals surface area (Å²) < 4.78 is 15.5. The molecule has 33 heavy (non-hydrogen) atoms. The Labute approximate surface area is 191 Å². The fourth-order valence-electron chi connectivity index (χ4n) is 4.78. The minimum atomic E-state index is -0.0160. The second kappa shape index (κ2) is 7.88. The minimum Gasteiger partial charge on any atom is -0.494 e. The van der Waals surface area contributed by atoms with Crippen LogP contribution < -0.4 is 4.74 Å². The van der Waals surface area contributed by atoms with Crippen LogP contribution in [0, 0.1) is 5.92 Å². The Hall–Kier alpha value is -3.39. The summed E-state index contributed by atoms with van der Waals surface area (Å²) in [7, 11) is 3.64. The molecule has 0 spiro atoms. The van der Waals surface area contributed by atoms with Gasteiger partial charge in [0.1, 0.15) is 16.9 Å². The first-order chi connectivity index (χ1) is 16.1. The van der Waals surface area contributed by atoms with Crippen molar-refractivity contribution in [3.63, 3.8) is 0 Å². The molecule has 0 N–H and O–H groups in total. The van der Waals surface area contributed by atoms with Crippen LogP contribution in [0.15, 0.2) is 36.5 Å². The highest BCUT2D eigenvalue weighted by atomic mass is 16.5. The number of nitrogens with zero attached hydrogens (tertiary/aromatic N) is 5. The van der Waals surface area contributed by atoms with Gasteiger partial charge in [-0.15, -0.1) is 0 Å². The number of methoxy groups -OCH3 is 1.